The van der Waals surface area contributed by atoms with Gasteiger partial charge in [0.25, 0.3) is 5.91 Å². The molecule has 1 aliphatic heterocycles. The van der Waals surface area contributed by atoms with E-state index in [4.69, 9.17) is 23.7 Å². The fourth-order valence-electron chi connectivity index (χ4n) is 12.8. The van der Waals surface area contributed by atoms with Gasteiger partial charge in [0, 0.05) is 69.1 Å². The van der Waals surface area contributed by atoms with Crippen LogP contribution in [0.15, 0.2) is 48.5 Å². The molecule has 2 aromatic rings. The summed E-state index contributed by atoms with van der Waals surface area (Å²) in [5.74, 6) is -1.01. The van der Waals surface area contributed by atoms with Gasteiger partial charge in [-0.15, -0.1) is 0 Å². The molecule has 1 heterocycles. The highest BCUT2D eigenvalue weighted by Crippen LogP contribution is 2.78. The number of benzene rings is 2. The van der Waals surface area contributed by atoms with Crippen molar-refractivity contribution < 1.29 is 43.5 Å². The number of piperidine rings is 1. The van der Waals surface area contributed by atoms with E-state index in [1.54, 1.807) is 69.9 Å². The molecule has 1 saturated heterocycles. The first-order chi connectivity index (χ1) is 24.9. The third-order valence-electron chi connectivity index (χ3n) is 14.3. The molecule has 0 aromatic heterocycles. The number of anilines is 1. The van der Waals surface area contributed by atoms with Gasteiger partial charge in [-0.2, -0.15) is 0 Å². The summed E-state index contributed by atoms with van der Waals surface area (Å²) in [4.78, 5) is 30.4. The topological polar surface area (TPSA) is 136 Å². The maximum Gasteiger partial charge on any atom is 0.340 e. The Morgan fingerprint density at radius 2 is 1.71 bits per heavy atom. The number of nitrogens with one attached hydrogen (secondary N) is 1. The average molecular weight is 719 g/mol. The first-order valence-electron chi connectivity index (χ1n) is 19.1. The Morgan fingerprint density at radius 1 is 0.962 bits per heavy atom. The summed E-state index contributed by atoms with van der Waals surface area (Å²) in [6.07, 6.45) is 2.54. The molecule has 11 nitrogen and oxygen atoms in total. The van der Waals surface area contributed by atoms with Gasteiger partial charge in [0.05, 0.1) is 35.7 Å². The zero-order valence-corrected chi connectivity index (χ0v) is 31.2. The van der Waals surface area contributed by atoms with Crippen LogP contribution in [0.25, 0.3) is 0 Å². The minimum absolute atomic E-state index is 0.00527. The van der Waals surface area contributed by atoms with Crippen LogP contribution < -0.4 is 10.1 Å². The van der Waals surface area contributed by atoms with Crippen LogP contribution in [-0.4, -0.2) is 109 Å². The van der Waals surface area contributed by atoms with Crippen molar-refractivity contribution in [1.29, 1.82) is 0 Å². The Balaban J connectivity index is 1.16. The van der Waals surface area contributed by atoms with Crippen molar-refractivity contribution in [1.82, 2.24) is 4.90 Å². The number of fused-ring (bicyclic) bond motifs is 2. The number of hydrogen-bond acceptors (Lipinski definition) is 10. The molecule has 6 aliphatic rings. The number of amides is 1. The number of methoxy groups -OCH3 is 3. The molecule has 3 N–H and O–H groups in total. The molecular formula is C41H54N2O9. The van der Waals surface area contributed by atoms with Crippen LogP contribution in [0.4, 0.5) is 5.69 Å². The van der Waals surface area contributed by atoms with Gasteiger partial charge in [-0.05, 0) is 94.8 Å². The molecule has 6 fully saturated rings. The van der Waals surface area contributed by atoms with Gasteiger partial charge < -0.3 is 39.2 Å². The highest BCUT2D eigenvalue weighted by atomic mass is 16.6. The number of ether oxygens (including phenoxy) is 5. The van der Waals surface area contributed by atoms with Crippen LogP contribution in [0.5, 0.6) is 5.75 Å². The number of nitrogens with zero attached hydrogens (tertiary/aromatic N) is 1. The second-order valence-corrected chi connectivity index (χ2v) is 16.6. The molecule has 11 heteroatoms. The molecule has 12 atom stereocenters. The van der Waals surface area contributed by atoms with E-state index in [2.05, 4.69) is 17.1 Å². The summed E-state index contributed by atoms with van der Waals surface area (Å²) in [7, 11) is 5.09. The number of carbonyl (C=O) groups excluding carboxylic acids is 2. The van der Waals surface area contributed by atoms with Crippen LogP contribution in [0.2, 0.25) is 0 Å². The van der Waals surface area contributed by atoms with Crippen LogP contribution in [0.1, 0.15) is 80.0 Å². The quantitative estimate of drug-likeness (QED) is 0.297. The van der Waals surface area contributed by atoms with Crippen molar-refractivity contribution in [3.8, 4) is 5.75 Å². The number of aliphatic hydroxyl groups is 2. The van der Waals surface area contributed by atoms with Crippen molar-refractivity contribution in [2.24, 2.45) is 29.1 Å². The average Bonchev–Trinajstić information content (AvgIpc) is 3.53. The Kier molecular flexibility index (Phi) is 8.83. The van der Waals surface area contributed by atoms with Gasteiger partial charge in [-0.25, -0.2) is 4.79 Å². The monoisotopic (exact) mass is 718 g/mol. The highest BCUT2D eigenvalue weighted by molar-refractivity contribution is 6.08. The third kappa shape index (κ3) is 4.78. The molecule has 52 heavy (non-hydrogen) atoms. The molecule has 2 aromatic carbocycles. The zero-order valence-electron chi connectivity index (χ0n) is 31.2. The molecule has 0 radical (unpaired) electrons. The fraction of sp³-hybridized carbons (Fsp3) is 0.659. The Bertz CT molecular complexity index is 1700. The second kappa shape index (κ2) is 12.8. The lowest BCUT2D eigenvalue weighted by Crippen LogP contribution is -2.82. The lowest BCUT2D eigenvalue weighted by atomic mass is 9.43. The van der Waals surface area contributed by atoms with E-state index >= 15 is 0 Å². The van der Waals surface area contributed by atoms with Gasteiger partial charge in [0.1, 0.15) is 22.6 Å². The predicted octanol–water partition coefficient (Wildman–Crippen LogP) is 4.69. The van der Waals surface area contributed by atoms with Crippen molar-refractivity contribution in [3.05, 3.63) is 59.7 Å². The molecule has 8 rings (SSSR count). The van der Waals surface area contributed by atoms with E-state index < -0.39 is 34.3 Å². The third-order valence-corrected chi connectivity index (χ3v) is 14.3. The van der Waals surface area contributed by atoms with E-state index in [-0.39, 0.29) is 59.5 Å². The van der Waals surface area contributed by atoms with Crippen LogP contribution in [0, 0.1) is 29.1 Å². The van der Waals surface area contributed by atoms with Crippen LogP contribution in [0.3, 0.4) is 0 Å². The van der Waals surface area contributed by atoms with E-state index in [0.717, 1.165) is 0 Å². The van der Waals surface area contributed by atoms with Gasteiger partial charge in [0.2, 0.25) is 0 Å². The number of carbonyl (C=O) groups is 2. The Morgan fingerprint density at radius 3 is 2.38 bits per heavy atom. The van der Waals surface area contributed by atoms with Crippen molar-refractivity contribution in [2.45, 2.75) is 107 Å². The van der Waals surface area contributed by atoms with Gasteiger partial charge >= 0.3 is 5.97 Å². The van der Waals surface area contributed by atoms with Crippen LogP contribution >= 0.6 is 0 Å². The van der Waals surface area contributed by atoms with Gasteiger partial charge in [-0.1, -0.05) is 19.1 Å². The first-order valence-corrected chi connectivity index (χ1v) is 19.1. The summed E-state index contributed by atoms with van der Waals surface area (Å²) in [6.45, 7) is 7.21. The molecule has 5 saturated carbocycles. The summed E-state index contributed by atoms with van der Waals surface area (Å²) in [5, 5.41) is 29.3. The number of likely N-dealkylation sites (tertiary alicyclic amines) is 1. The van der Waals surface area contributed by atoms with E-state index in [0.29, 0.717) is 68.6 Å². The summed E-state index contributed by atoms with van der Waals surface area (Å²) in [6, 6.07) is 13.8. The smallest absolute Gasteiger partial charge is 0.340 e. The fourth-order valence-corrected chi connectivity index (χ4v) is 12.8. The zero-order chi connectivity index (χ0) is 36.8. The normalized spacial score (nSPS) is 41.4. The Labute approximate surface area is 306 Å². The molecule has 3 unspecified atom stereocenters. The minimum Gasteiger partial charge on any atom is -0.491 e. The number of esters is 1. The SMILES string of the molecule is CCN1C[C@]2(OC(=O)c3ccccc3NC(=O)c3ccc(OC(C)C)cc3)CC[C@H](OC)[C@]34C1[C@H](CC23)[C@@]1(O)C[C@H](OC)C[C@H]2CC4[C@]1(O)[C@H]2OC. The van der Waals surface area contributed by atoms with E-state index in [1.807, 2.05) is 13.8 Å². The van der Waals surface area contributed by atoms with Crippen LogP contribution in [-0.2, 0) is 18.9 Å². The maximum atomic E-state index is 14.5. The Hall–Kier alpha value is -3.06. The molecule has 282 valence electrons. The van der Waals surface area contributed by atoms with E-state index in [1.165, 1.54) is 0 Å². The molecular weight excluding hydrogens is 664 g/mol. The van der Waals surface area contributed by atoms with E-state index in [9.17, 15) is 19.8 Å². The lowest BCUT2D eigenvalue weighted by Gasteiger charge is -2.70. The number of likely N-dealkylation sites (N-methyl/N-ethyl adjacent to an activating group) is 1. The number of rotatable bonds is 10. The second-order valence-electron chi connectivity index (χ2n) is 16.6. The summed E-state index contributed by atoms with van der Waals surface area (Å²) >= 11 is 0. The van der Waals surface area contributed by atoms with Crippen molar-refractivity contribution in [2.75, 3.05) is 39.7 Å². The summed E-state index contributed by atoms with van der Waals surface area (Å²) < 4.78 is 31.1. The number of hydrogen-bond donors (Lipinski definition) is 3. The molecule has 1 spiro atoms. The lowest BCUT2D eigenvalue weighted by molar-refractivity contribution is -0.328. The largest absolute Gasteiger partial charge is 0.491 e. The van der Waals surface area contributed by atoms with Crippen molar-refractivity contribution in [3.63, 3.8) is 0 Å². The minimum atomic E-state index is -1.52. The van der Waals surface area contributed by atoms with Crippen molar-refractivity contribution >= 4 is 17.6 Å². The maximum absolute atomic E-state index is 14.5. The standard InChI is InChI=1S/C41H54N2O9/c1-7-43-22-38(52-37(45)28-10-8-9-11-30(28)42-36(44)24-12-14-26(15-13-24)51-23(2)3)17-16-33(49-5)40-31(38)20-29(34(40)43)39(46)21-27(48-4)18-25-19-32(40)41(39,47)35(25)50-6/h8-15,23,25,27,29,31-35,46-47H,7,16-22H2,1-6H3,(H,42,44)/t25-,27+,29-,31?,32?,33-,34?,35-,38+,39-,40-,41-/m0/s1. The highest BCUT2D eigenvalue weighted by Gasteiger charge is 2.88. The predicted molar refractivity (Wildman–Crippen MR) is 192 cm³/mol. The molecule has 7 bridgehead atoms. The van der Waals surface area contributed by atoms with Gasteiger partial charge in [-0.3, -0.25) is 9.69 Å². The molecule has 1 amide bonds. The number of para-hydroxylation sites is 1. The van der Waals surface area contributed by atoms with Gasteiger partial charge in [0.15, 0.2) is 0 Å². The first kappa shape index (κ1) is 35.9. The molecule has 5 aliphatic carbocycles. The summed E-state index contributed by atoms with van der Waals surface area (Å²) in [5.41, 5.74) is -3.41.